The van der Waals surface area contributed by atoms with Gasteiger partial charge in [0, 0.05) is 24.9 Å². The number of rotatable bonds is 7. The molecule has 0 bridgehead atoms. The molecule has 0 aliphatic carbocycles. The Labute approximate surface area is 127 Å². The van der Waals surface area contributed by atoms with Crippen LogP contribution in [-0.2, 0) is 6.42 Å². The molecule has 0 amide bonds. The fourth-order valence-electron chi connectivity index (χ4n) is 2.13. The van der Waals surface area contributed by atoms with Crippen LogP contribution in [-0.4, -0.2) is 32.0 Å². The van der Waals surface area contributed by atoms with Crippen LogP contribution in [0, 0.1) is 0 Å². The fourth-order valence-corrected chi connectivity index (χ4v) is 2.95. The van der Waals surface area contributed by atoms with E-state index in [4.69, 9.17) is 0 Å². The maximum absolute atomic E-state index is 12.4. The van der Waals surface area contributed by atoms with Crippen LogP contribution in [0.2, 0.25) is 0 Å². The summed E-state index contributed by atoms with van der Waals surface area (Å²) < 4.78 is 24.8. The van der Waals surface area contributed by atoms with E-state index in [0.29, 0.717) is 5.13 Å². The number of likely N-dealkylation sites (N-methyl/N-ethyl adjacent to an activating group) is 1. The molecule has 114 valence electrons. The Kier molecular flexibility index (Phi) is 5.64. The number of benzene rings is 1. The topological polar surface area (TPSA) is 28.2 Å². The molecular formula is C15H19F2N3S. The van der Waals surface area contributed by atoms with Crippen LogP contribution >= 0.6 is 11.3 Å². The van der Waals surface area contributed by atoms with Crippen LogP contribution in [0.4, 0.5) is 13.9 Å². The van der Waals surface area contributed by atoms with Crippen molar-refractivity contribution in [1.29, 1.82) is 0 Å². The van der Waals surface area contributed by atoms with Gasteiger partial charge in [-0.25, -0.2) is 13.8 Å². The molecule has 3 nitrogen and oxygen atoms in total. The molecule has 0 fully saturated rings. The molecule has 1 heterocycles. The van der Waals surface area contributed by atoms with Gasteiger partial charge in [0.1, 0.15) is 0 Å². The molecule has 0 saturated heterocycles. The van der Waals surface area contributed by atoms with Gasteiger partial charge in [-0.05, 0) is 12.6 Å². The number of halogens is 2. The molecule has 1 aromatic carbocycles. The predicted molar refractivity (Wildman–Crippen MR) is 83.3 cm³/mol. The zero-order chi connectivity index (χ0) is 15.2. The monoisotopic (exact) mass is 311 g/mol. The van der Waals surface area contributed by atoms with Crippen LogP contribution in [0.3, 0.4) is 0 Å². The van der Waals surface area contributed by atoms with E-state index in [-0.39, 0.29) is 12.6 Å². The first-order valence-corrected chi connectivity index (χ1v) is 7.64. The number of hydrogen-bond acceptors (Lipinski definition) is 4. The summed E-state index contributed by atoms with van der Waals surface area (Å²) in [6, 6.07) is 10.3. The predicted octanol–water partition coefficient (Wildman–Crippen LogP) is 3.35. The third-order valence-corrected chi connectivity index (χ3v) is 4.25. The standard InChI is InChI=1S/C15H19F2N3S/c1-18-13(11-6-4-3-5-7-11)8-12-10-21-15(19-12)20(2)9-14(16)17/h3-7,10,13-14,18H,8-9H2,1-2H3. The molecule has 1 atom stereocenters. The molecule has 2 aromatic rings. The molecule has 21 heavy (non-hydrogen) atoms. The maximum Gasteiger partial charge on any atom is 0.255 e. The normalized spacial score (nSPS) is 12.6. The molecule has 1 N–H and O–H groups in total. The molecule has 0 saturated carbocycles. The highest BCUT2D eigenvalue weighted by Crippen LogP contribution is 2.24. The number of nitrogens with zero attached hydrogens (tertiary/aromatic N) is 2. The lowest BCUT2D eigenvalue weighted by Gasteiger charge is -2.16. The third-order valence-electron chi connectivity index (χ3n) is 3.24. The number of thiazole rings is 1. The highest BCUT2D eigenvalue weighted by Gasteiger charge is 2.15. The van der Waals surface area contributed by atoms with E-state index in [2.05, 4.69) is 22.4 Å². The zero-order valence-corrected chi connectivity index (χ0v) is 12.9. The minimum Gasteiger partial charge on any atom is -0.345 e. The number of alkyl halides is 2. The van der Waals surface area contributed by atoms with E-state index in [1.54, 1.807) is 7.05 Å². The van der Waals surface area contributed by atoms with Gasteiger partial charge < -0.3 is 10.2 Å². The Morgan fingerprint density at radius 1 is 1.29 bits per heavy atom. The highest BCUT2D eigenvalue weighted by molar-refractivity contribution is 7.13. The van der Waals surface area contributed by atoms with Crippen molar-refractivity contribution >= 4 is 16.5 Å². The van der Waals surface area contributed by atoms with Crippen molar-refractivity contribution in [3.05, 3.63) is 47.0 Å². The second kappa shape index (κ2) is 7.47. The number of hydrogen-bond donors (Lipinski definition) is 1. The second-order valence-corrected chi connectivity index (χ2v) is 5.69. The minimum absolute atomic E-state index is 0.168. The Morgan fingerprint density at radius 2 is 2.00 bits per heavy atom. The summed E-state index contributed by atoms with van der Waals surface area (Å²) in [6.45, 7) is -0.291. The average molecular weight is 311 g/mol. The van der Waals surface area contributed by atoms with Crippen molar-refractivity contribution in [3.63, 3.8) is 0 Å². The summed E-state index contributed by atoms with van der Waals surface area (Å²) in [5.74, 6) is 0. The van der Waals surface area contributed by atoms with Gasteiger partial charge in [0.05, 0.1) is 12.2 Å². The first kappa shape index (κ1) is 15.9. The van der Waals surface area contributed by atoms with Crippen molar-refractivity contribution < 1.29 is 8.78 Å². The average Bonchev–Trinajstić information content (AvgIpc) is 2.93. The minimum atomic E-state index is -2.35. The molecule has 0 spiro atoms. The molecule has 0 radical (unpaired) electrons. The lowest BCUT2D eigenvalue weighted by atomic mass is 10.0. The van der Waals surface area contributed by atoms with Crippen molar-refractivity contribution in [2.75, 3.05) is 25.5 Å². The molecule has 6 heteroatoms. The van der Waals surface area contributed by atoms with Gasteiger partial charge in [-0.15, -0.1) is 11.3 Å². The Hall–Kier alpha value is -1.53. The lowest BCUT2D eigenvalue weighted by molar-refractivity contribution is 0.156. The van der Waals surface area contributed by atoms with Gasteiger partial charge in [0.2, 0.25) is 0 Å². The smallest absolute Gasteiger partial charge is 0.255 e. The van der Waals surface area contributed by atoms with E-state index < -0.39 is 6.43 Å². The van der Waals surface area contributed by atoms with E-state index >= 15 is 0 Å². The van der Waals surface area contributed by atoms with Crippen LogP contribution in [0.5, 0.6) is 0 Å². The van der Waals surface area contributed by atoms with Gasteiger partial charge in [0.15, 0.2) is 5.13 Å². The summed E-state index contributed by atoms with van der Waals surface area (Å²) in [5.41, 5.74) is 2.11. The van der Waals surface area contributed by atoms with Crippen LogP contribution in [0.1, 0.15) is 17.3 Å². The fraction of sp³-hybridized carbons (Fsp3) is 0.400. The van der Waals surface area contributed by atoms with Crippen LogP contribution in [0.25, 0.3) is 0 Å². The number of nitrogens with one attached hydrogen (secondary N) is 1. The maximum atomic E-state index is 12.4. The van der Waals surface area contributed by atoms with Crippen LogP contribution < -0.4 is 10.2 Å². The van der Waals surface area contributed by atoms with Crippen LogP contribution in [0.15, 0.2) is 35.7 Å². The Bertz CT molecular complexity index is 545. The van der Waals surface area contributed by atoms with Gasteiger partial charge in [-0.3, -0.25) is 0 Å². The van der Waals surface area contributed by atoms with Crippen molar-refractivity contribution in [3.8, 4) is 0 Å². The van der Waals surface area contributed by atoms with E-state index in [0.717, 1.165) is 12.1 Å². The molecular weight excluding hydrogens is 292 g/mol. The SMILES string of the molecule is CNC(Cc1csc(N(C)CC(F)F)n1)c1ccccc1. The Balaban J connectivity index is 2.04. The van der Waals surface area contributed by atoms with E-state index in [9.17, 15) is 8.78 Å². The molecule has 2 rings (SSSR count). The van der Waals surface area contributed by atoms with Gasteiger partial charge in [0.25, 0.3) is 6.43 Å². The zero-order valence-electron chi connectivity index (χ0n) is 12.1. The van der Waals surface area contributed by atoms with Crippen molar-refractivity contribution in [2.24, 2.45) is 0 Å². The van der Waals surface area contributed by atoms with Gasteiger partial charge in [-0.1, -0.05) is 30.3 Å². The molecule has 1 aromatic heterocycles. The quantitative estimate of drug-likeness (QED) is 0.850. The highest BCUT2D eigenvalue weighted by atomic mass is 32.1. The second-order valence-electron chi connectivity index (χ2n) is 4.85. The number of anilines is 1. The lowest BCUT2D eigenvalue weighted by Crippen LogP contribution is -2.24. The Morgan fingerprint density at radius 3 is 2.62 bits per heavy atom. The summed E-state index contributed by atoms with van der Waals surface area (Å²) in [4.78, 5) is 5.94. The van der Waals surface area contributed by atoms with E-state index in [1.165, 1.54) is 21.8 Å². The summed E-state index contributed by atoms with van der Waals surface area (Å²) in [6.07, 6.45) is -1.61. The largest absolute Gasteiger partial charge is 0.345 e. The number of aromatic nitrogens is 1. The van der Waals surface area contributed by atoms with E-state index in [1.807, 2.05) is 30.6 Å². The molecule has 0 aliphatic heterocycles. The summed E-state index contributed by atoms with van der Waals surface area (Å²) in [5, 5.41) is 5.84. The van der Waals surface area contributed by atoms with Crippen molar-refractivity contribution in [1.82, 2.24) is 10.3 Å². The first-order chi connectivity index (χ1) is 10.1. The summed E-state index contributed by atoms with van der Waals surface area (Å²) >= 11 is 1.40. The third kappa shape index (κ3) is 4.47. The molecule has 0 aliphatic rings. The molecule has 1 unspecified atom stereocenters. The summed E-state index contributed by atoms with van der Waals surface area (Å²) in [7, 11) is 3.55. The van der Waals surface area contributed by atoms with Crippen molar-refractivity contribution in [2.45, 2.75) is 18.9 Å². The van der Waals surface area contributed by atoms with Gasteiger partial charge in [-0.2, -0.15) is 0 Å². The van der Waals surface area contributed by atoms with Gasteiger partial charge >= 0.3 is 0 Å². The first-order valence-electron chi connectivity index (χ1n) is 6.76.